The van der Waals surface area contributed by atoms with Gasteiger partial charge in [-0.3, -0.25) is 0 Å². The molecule has 0 aliphatic heterocycles. The van der Waals surface area contributed by atoms with Crippen molar-refractivity contribution in [1.82, 2.24) is 0 Å². The van der Waals surface area contributed by atoms with Gasteiger partial charge in [-0.2, -0.15) is 0 Å². The number of halogens is 1. The predicted molar refractivity (Wildman–Crippen MR) is 86.1 cm³/mol. The number of hydrogen-bond donors (Lipinski definition) is 0. The minimum Gasteiger partial charge on any atom is -0.489 e. The predicted octanol–water partition coefficient (Wildman–Crippen LogP) is 4.93. The third-order valence-corrected chi connectivity index (χ3v) is 3.02. The Morgan fingerprint density at radius 2 is 1.55 bits per heavy atom. The highest BCUT2D eigenvalue weighted by Crippen LogP contribution is 2.30. The molecule has 3 heteroatoms. The van der Waals surface area contributed by atoms with Crippen LogP contribution in [0.2, 0.25) is 0 Å². The van der Waals surface area contributed by atoms with Crippen molar-refractivity contribution in [2.75, 3.05) is 19.1 Å². The zero-order valence-corrected chi connectivity index (χ0v) is 13.9. The van der Waals surface area contributed by atoms with Crippen molar-refractivity contribution in [3.63, 3.8) is 0 Å². The molecule has 0 fully saturated rings. The van der Waals surface area contributed by atoms with E-state index in [9.17, 15) is 0 Å². The number of alkyl halides is 1. The molecule has 0 saturated carbocycles. The van der Waals surface area contributed by atoms with E-state index in [0.717, 1.165) is 24.3 Å². The Bertz CT molecular complexity index is 389. The third kappa shape index (κ3) is 6.51. The second-order valence-corrected chi connectivity index (χ2v) is 6.36. The molecule has 1 aromatic carbocycles. The van der Waals surface area contributed by atoms with Gasteiger partial charge in [0.25, 0.3) is 0 Å². The molecule has 0 radical (unpaired) electrons. The van der Waals surface area contributed by atoms with E-state index in [1.165, 1.54) is 5.56 Å². The van der Waals surface area contributed by atoms with Gasteiger partial charge in [-0.25, -0.2) is 0 Å². The van der Waals surface area contributed by atoms with E-state index in [4.69, 9.17) is 21.1 Å². The zero-order valence-electron chi connectivity index (χ0n) is 13.1. The van der Waals surface area contributed by atoms with Crippen molar-refractivity contribution in [1.29, 1.82) is 0 Å². The molecule has 0 aliphatic rings. The van der Waals surface area contributed by atoms with Gasteiger partial charge in [0.2, 0.25) is 0 Å². The van der Waals surface area contributed by atoms with Crippen LogP contribution < -0.4 is 9.47 Å². The normalized spacial score (nSPS) is 11.2. The lowest BCUT2D eigenvalue weighted by atomic mass is 10.1. The minimum absolute atomic E-state index is 0.499. The van der Waals surface area contributed by atoms with Crippen molar-refractivity contribution >= 4 is 11.6 Å². The molecule has 0 bridgehead atoms. The summed E-state index contributed by atoms with van der Waals surface area (Å²) in [6.45, 7) is 9.99. The standard InChI is InChI=1S/C17H27ClO2/c1-13(2)11-19-16-8-7-15(6-5-9-18)10-17(16)20-12-14(3)4/h7-8,10,13-14H,5-6,9,11-12H2,1-4H3. The molecule has 0 N–H and O–H groups in total. The Balaban J connectivity index is 2.79. The molecule has 1 aromatic rings. The first-order valence-corrected chi connectivity index (χ1v) is 8.00. The van der Waals surface area contributed by atoms with Gasteiger partial charge in [0.1, 0.15) is 0 Å². The molecular formula is C17H27ClO2. The van der Waals surface area contributed by atoms with Crippen LogP contribution in [-0.4, -0.2) is 19.1 Å². The molecule has 1 rings (SSSR count). The van der Waals surface area contributed by atoms with Gasteiger partial charge in [0.05, 0.1) is 13.2 Å². The minimum atomic E-state index is 0.499. The number of rotatable bonds is 9. The molecule has 114 valence electrons. The molecule has 0 saturated heterocycles. The lowest BCUT2D eigenvalue weighted by molar-refractivity contribution is 0.229. The summed E-state index contributed by atoms with van der Waals surface area (Å²) >= 11 is 5.75. The number of benzene rings is 1. The third-order valence-electron chi connectivity index (χ3n) is 2.75. The van der Waals surface area contributed by atoms with Crippen LogP contribution in [0.4, 0.5) is 0 Å². The van der Waals surface area contributed by atoms with Crippen molar-refractivity contribution in [2.45, 2.75) is 40.5 Å². The molecule has 2 nitrogen and oxygen atoms in total. The molecule has 0 aromatic heterocycles. The summed E-state index contributed by atoms with van der Waals surface area (Å²) in [5.74, 6) is 3.39. The first kappa shape index (κ1) is 17.2. The molecule has 0 spiro atoms. The average Bonchev–Trinajstić information content (AvgIpc) is 2.41. The van der Waals surface area contributed by atoms with Gasteiger partial charge in [-0.15, -0.1) is 11.6 Å². The van der Waals surface area contributed by atoms with Crippen LogP contribution in [0.3, 0.4) is 0 Å². The first-order chi connectivity index (χ1) is 9.52. The van der Waals surface area contributed by atoms with Crippen LogP contribution in [0.1, 0.15) is 39.7 Å². The Kier molecular flexibility index (Phi) is 7.83. The van der Waals surface area contributed by atoms with Gasteiger partial charge in [0.15, 0.2) is 11.5 Å². The van der Waals surface area contributed by atoms with Crippen LogP contribution in [0.15, 0.2) is 18.2 Å². The quantitative estimate of drug-likeness (QED) is 0.602. The number of ether oxygens (including phenoxy) is 2. The Hall–Kier alpha value is -0.890. The van der Waals surface area contributed by atoms with Crippen LogP contribution >= 0.6 is 11.6 Å². The molecule has 0 heterocycles. The fraction of sp³-hybridized carbons (Fsp3) is 0.647. The first-order valence-electron chi connectivity index (χ1n) is 7.47. The fourth-order valence-corrected chi connectivity index (χ4v) is 1.86. The SMILES string of the molecule is CC(C)COc1ccc(CCCCl)cc1OCC(C)C. The summed E-state index contributed by atoms with van der Waals surface area (Å²) in [6, 6.07) is 6.20. The van der Waals surface area contributed by atoms with E-state index in [-0.39, 0.29) is 0 Å². The van der Waals surface area contributed by atoms with Crippen LogP contribution in [0.5, 0.6) is 11.5 Å². The van der Waals surface area contributed by atoms with E-state index in [2.05, 4.69) is 39.8 Å². The lowest BCUT2D eigenvalue weighted by Crippen LogP contribution is -2.09. The lowest BCUT2D eigenvalue weighted by Gasteiger charge is -2.16. The van der Waals surface area contributed by atoms with Crippen molar-refractivity contribution in [3.05, 3.63) is 23.8 Å². The zero-order chi connectivity index (χ0) is 15.0. The summed E-state index contributed by atoms with van der Waals surface area (Å²) in [5, 5.41) is 0. The average molecular weight is 299 g/mol. The maximum Gasteiger partial charge on any atom is 0.161 e. The van der Waals surface area contributed by atoms with Gasteiger partial charge >= 0.3 is 0 Å². The molecular weight excluding hydrogens is 272 g/mol. The molecule has 20 heavy (non-hydrogen) atoms. The maximum atomic E-state index is 5.89. The van der Waals surface area contributed by atoms with Gasteiger partial charge in [-0.05, 0) is 42.4 Å². The molecule has 0 amide bonds. The fourth-order valence-electron chi connectivity index (χ4n) is 1.72. The summed E-state index contributed by atoms with van der Waals surface area (Å²) in [6.07, 6.45) is 1.96. The molecule has 0 unspecified atom stereocenters. The summed E-state index contributed by atoms with van der Waals surface area (Å²) < 4.78 is 11.7. The second kappa shape index (κ2) is 9.12. The number of hydrogen-bond acceptors (Lipinski definition) is 2. The Morgan fingerprint density at radius 3 is 2.10 bits per heavy atom. The smallest absolute Gasteiger partial charge is 0.161 e. The molecule has 0 atom stereocenters. The van der Waals surface area contributed by atoms with E-state index < -0.39 is 0 Å². The van der Waals surface area contributed by atoms with Crippen molar-refractivity contribution in [2.24, 2.45) is 11.8 Å². The largest absolute Gasteiger partial charge is 0.489 e. The Labute approximate surface area is 128 Å². The maximum absolute atomic E-state index is 5.89. The van der Waals surface area contributed by atoms with E-state index in [1.807, 2.05) is 6.07 Å². The van der Waals surface area contributed by atoms with Crippen molar-refractivity contribution < 1.29 is 9.47 Å². The van der Waals surface area contributed by atoms with Crippen LogP contribution in [0.25, 0.3) is 0 Å². The second-order valence-electron chi connectivity index (χ2n) is 5.98. The van der Waals surface area contributed by atoms with Crippen molar-refractivity contribution in [3.8, 4) is 11.5 Å². The monoisotopic (exact) mass is 298 g/mol. The van der Waals surface area contributed by atoms with Gasteiger partial charge < -0.3 is 9.47 Å². The number of aryl methyl sites for hydroxylation is 1. The molecule has 0 aliphatic carbocycles. The topological polar surface area (TPSA) is 18.5 Å². The van der Waals surface area contributed by atoms with Gasteiger partial charge in [-0.1, -0.05) is 33.8 Å². The van der Waals surface area contributed by atoms with Crippen LogP contribution in [0, 0.1) is 11.8 Å². The van der Waals surface area contributed by atoms with Crippen LogP contribution in [-0.2, 0) is 6.42 Å². The summed E-state index contributed by atoms with van der Waals surface area (Å²) in [4.78, 5) is 0. The highest BCUT2D eigenvalue weighted by atomic mass is 35.5. The summed E-state index contributed by atoms with van der Waals surface area (Å²) in [5.41, 5.74) is 1.25. The summed E-state index contributed by atoms with van der Waals surface area (Å²) in [7, 11) is 0. The van der Waals surface area contributed by atoms with Gasteiger partial charge in [0, 0.05) is 5.88 Å². The Morgan fingerprint density at radius 1 is 0.950 bits per heavy atom. The highest BCUT2D eigenvalue weighted by molar-refractivity contribution is 6.17. The highest BCUT2D eigenvalue weighted by Gasteiger charge is 2.09. The van der Waals surface area contributed by atoms with E-state index >= 15 is 0 Å². The van der Waals surface area contributed by atoms with E-state index in [0.29, 0.717) is 30.9 Å². The van der Waals surface area contributed by atoms with E-state index in [1.54, 1.807) is 0 Å².